The molecule has 1 aromatic heterocycles. The summed E-state index contributed by atoms with van der Waals surface area (Å²) in [4.78, 5) is 29.6. The van der Waals surface area contributed by atoms with Gasteiger partial charge in [0.2, 0.25) is 0 Å². The molecule has 2 N–H and O–H groups in total. The quantitative estimate of drug-likeness (QED) is 0.225. The average Bonchev–Trinajstić information content (AvgIpc) is 3.32. The fourth-order valence-electron chi connectivity index (χ4n) is 5.32. The monoisotopic (exact) mass is 544 g/mol. The first-order chi connectivity index (χ1) is 20.1. The van der Waals surface area contributed by atoms with Crippen molar-refractivity contribution in [3.05, 3.63) is 132 Å². The molecule has 0 fully saturated rings. The Hall–Kier alpha value is -5.17. The molecule has 1 atom stereocenters. The van der Waals surface area contributed by atoms with Gasteiger partial charge in [-0.1, -0.05) is 97.1 Å². The van der Waals surface area contributed by atoms with E-state index >= 15 is 0 Å². The highest BCUT2D eigenvalue weighted by atomic mass is 16.5. The SMILES string of the molecule is O=C(NC(Cc1ccc2cccc(OCc3ccccc3)c2n1)C(=O)O)OCC1c2ccccc2-c2ccccc21. The number of para-hydroxylation sites is 1. The lowest BCUT2D eigenvalue weighted by Crippen LogP contribution is -2.43. The summed E-state index contributed by atoms with van der Waals surface area (Å²) >= 11 is 0. The number of carboxylic acid groups (broad SMARTS) is 1. The number of hydrogen-bond donors (Lipinski definition) is 2. The van der Waals surface area contributed by atoms with Gasteiger partial charge in [0.25, 0.3) is 0 Å². The number of aliphatic carboxylic acids is 1. The minimum atomic E-state index is -1.21. The van der Waals surface area contributed by atoms with Crippen LogP contribution in [0.2, 0.25) is 0 Å². The van der Waals surface area contributed by atoms with Crippen molar-refractivity contribution in [1.29, 1.82) is 0 Å². The van der Waals surface area contributed by atoms with Gasteiger partial charge < -0.3 is 19.9 Å². The van der Waals surface area contributed by atoms with E-state index in [1.807, 2.05) is 91.0 Å². The van der Waals surface area contributed by atoms with Crippen LogP contribution in [0, 0.1) is 0 Å². The third-order valence-electron chi connectivity index (χ3n) is 7.33. The maximum Gasteiger partial charge on any atom is 0.407 e. The number of alkyl carbamates (subject to hydrolysis) is 1. The summed E-state index contributed by atoms with van der Waals surface area (Å²) in [5.74, 6) is -0.688. The Labute approximate surface area is 237 Å². The summed E-state index contributed by atoms with van der Waals surface area (Å²) in [5.41, 5.74) is 6.58. The molecule has 5 aromatic rings. The number of carboxylic acids is 1. The van der Waals surface area contributed by atoms with Crippen molar-refractivity contribution in [2.45, 2.75) is 25.0 Å². The van der Waals surface area contributed by atoms with Crippen LogP contribution in [0.4, 0.5) is 4.79 Å². The van der Waals surface area contributed by atoms with Gasteiger partial charge in [-0.05, 0) is 39.9 Å². The predicted octanol–water partition coefficient (Wildman–Crippen LogP) is 6.35. The van der Waals surface area contributed by atoms with Gasteiger partial charge in [-0.25, -0.2) is 14.6 Å². The van der Waals surface area contributed by atoms with Crippen LogP contribution in [0.25, 0.3) is 22.0 Å². The van der Waals surface area contributed by atoms with Gasteiger partial charge in [0.15, 0.2) is 0 Å². The highest BCUT2D eigenvalue weighted by Gasteiger charge is 2.30. The first-order valence-corrected chi connectivity index (χ1v) is 13.5. The van der Waals surface area contributed by atoms with Gasteiger partial charge >= 0.3 is 12.1 Å². The molecule has 0 aliphatic heterocycles. The van der Waals surface area contributed by atoms with Crippen LogP contribution in [-0.4, -0.2) is 34.8 Å². The van der Waals surface area contributed by atoms with E-state index in [4.69, 9.17) is 14.5 Å². The fourth-order valence-corrected chi connectivity index (χ4v) is 5.32. The number of hydrogen-bond acceptors (Lipinski definition) is 5. The number of nitrogens with one attached hydrogen (secondary N) is 1. The molecular weight excluding hydrogens is 516 g/mol. The number of benzene rings is 4. The van der Waals surface area contributed by atoms with E-state index in [-0.39, 0.29) is 18.9 Å². The van der Waals surface area contributed by atoms with Gasteiger partial charge in [-0.3, -0.25) is 0 Å². The van der Waals surface area contributed by atoms with Crippen LogP contribution in [0.1, 0.15) is 28.3 Å². The number of nitrogens with zero attached hydrogens (tertiary/aromatic N) is 1. The van der Waals surface area contributed by atoms with E-state index in [0.29, 0.717) is 23.6 Å². The summed E-state index contributed by atoms with van der Waals surface area (Å²) in [6, 6.07) is 34.0. The van der Waals surface area contributed by atoms with Gasteiger partial charge in [-0.15, -0.1) is 0 Å². The highest BCUT2D eigenvalue weighted by Crippen LogP contribution is 2.44. The van der Waals surface area contributed by atoms with Crippen LogP contribution in [0.5, 0.6) is 5.75 Å². The molecule has 6 rings (SSSR count). The van der Waals surface area contributed by atoms with Crippen LogP contribution >= 0.6 is 0 Å². The number of amides is 1. The molecule has 1 unspecified atom stereocenters. The Morgan fingerprint density at radius 1 is 0.805 bits per heavy atom. The van der Waals surface area contributed by atoms with Crippen LogP contribution < -0.4 is 10.1 Å². The molecule has 0 spiro atoms. The lowest BCUT2D eigenvalue weighted by Gasteiger charge is -2.17. The molecule has 41 heavy (non-hydrogen) atoms. The number of ether oxygens (including phenoxy) is 2. The van der Waals surface area contributed by atoms with Crippen molar-refractivity contribution in [2.24, 2.45) is 0 Å². The number of carbonyl (C=O) groups is 2. The van der Waals surface area contributed by atoms with Gasteiger partial charge in [0.1, 0.15) is 30.5 Å². The van der Waals surface area contributed by atoms with E-state index in [0.717, 1.165) is 33.2 Å². The Morgan fingerprint density at radius 3 is 2.20 bits per heavy atom. The third kappa shape index (κ3) is 5.61. The normalized spacial score (nSPS) is 12.8. The minimum absolute atomic E-state index is 0.0114. The van der Waals surface area contributed by atoms with Gasteiger partial charge in [0.05, 0.1) is 0 Å². The van der Waals surface area contributed by atoms with Crippen molar-refractivity contribution < 1.29 is 24.2 Å². The number of aromatic nitrogens is 1. The molecule has 204 valence electrons. The molecule has 0 bridgehead atoms. The second-order valence-electron chi connectivity index (χ2n) is 9.97. The Balaban J connectivity index is 1.13. The summed E-state index contributed by atoms with van der Waals surface area (Å²) < 4.78 is 11.6. The average molecular weight is 545 g/mol. The summed E-state index contributed by atoms with van der Waals surface area (Å²) in [7, 11) is 0. The van der Waals surface area contributed by atoms with E-state index in [1.54, 1.807) is 6.07 Å². The molecule has 1 aliphatic rings. The lowest BCUT2D eigenvalue weighted by molar-refractivity contribution is -0.139. The summed E-state index contributed by atoms with van der Waals surface area (Å²) in [6.07, 6.45) is -0.797. The topological polar surface area (TPSA) is 97.8 Å². The molecule has 0 radical (unpaired) electrons. The number of carbonyl (C=O) groups excluding carboxylic acids is 1. The van der Waals surface area contributed by atoms with E-state index < -0.39 is 18.1 Å². The molecule has 0 saturated carbocycles. The van der Waals surface area contributed by atoms with Crippen molar-refractivity contribution in [1.82, 2.24) is 10.3 Å². The zero-order chi connectivity index (χ0) is 28.2. The minimum Gasteiger partial charge on any atom is -0.487 e. The van der Waals surface area contributed by atoms with Crippen molar-refractivity contribution in [2.75, 3.05) is 6.61 Å². The third-order valence-corrected chi connectivity index (χ3v) is 7.33. The highest BCUT2D eigenvalue weighted by molar-refractivity contribution is 5.85. The van der Waals surface area contributed by atoms with Gasteiger partial charge in [-0.2, -0.15) is 0 Å². The Morgan fingerprint density at radius 2 is 1.49 bits per heavy atom. The van der Waals surface area contributed by atoms with Crippen LogP contribution in [-0.2, 0) is 22.6 Å². The van der Waals surface area contributed by atoms with E-state index in [1.165, 1.54) is 0 Å². The molecule has 4 aromatic carbocycles. The summed E-state index contributed by atoms with van der Waals surface area (Å²) in [6.45, 7) is 0.482. The van der Waals surface area contributed by atoms with Crippen molar-refractivity contribution in [3.63, 3.8) is 0 Å². The van der Waals surface area contributed by atoms with Crippen molar-refractivity contribution >= 4 is 23.0 Å². The molecular formula is C34H28N2O5. The Kier molecular flexibility index (Phi) is 7.32. The smallest absolute Gasteiger partial charge is 0.407 e. The number of pyridine rings is 1. The van der Waals surface area contributed by atoms with Crippen molar-refractivity contribution in [3.8, 4) is 16.9 Å². The fraction of sp³-hybridized carbons (Fsp3) is 0.147. The molecule has 1 amide bonds. The summed E-state index contributed by atoms with van der Waals surface area (Å²) in [5, 5.41) is 13.3. The Bertz CT molecular complexity index is 1670. The first-order valence-electron chi connectivity index (χ1n) is 13.5. The molecule has 1 aliphatic carbocycles. The molecule has 1 heterocycles. The number of fused-ring (bicyclic) bond motifs is 4. The second kappa shape index (κ2) is 11.5. The van der Waals surface area contributed by atoms with Crippen LogP contribution in [0.15, 0.2) is 109 Å². The molecule has 7 nitrogen and oxygen atoms in total. The maximum absolute atomic E-state index is 12.8. The zero-order valence-electron chi connectivity index (χ0n) is 22.2. The second-order valence-corrected chi connectivity index (χ2v) is 9.97. The van der Waals surface area contributed by atoms with E-state index in [9.17, 15) is 14.7 Å². The van der Waals surface area contributed by atoms with E-state index in [2.05, 4.69) is 17.4 Å². The predicted molar refractivity (Wildman–Crippen MR) is 156 cm³/mol. The first kappa shape index (κ1) is 26.1. The molecule has 0 saturated heterocycles. The largest absolute Gasteiger partial charge is 0.487 e. The molecule has 7 heteroatoms. The van der Waals surface area contributed by atoms with Gasteiger partial charge in [0, 0.05) is 23.4 Å². The number of rotatable bonds is 9. The maximum atomic E-state index is 12.8. The van der Waals surface area contributed by atoms with Crippen LogP contribution in [0.3, 0.4) is 0 Å². The zero-order valence-corrected chi connectivity index (χ0v) is 22.2. The lowest BCUT2D eigenvalue weighted by atomic mass is 9.98. The standard InChI is InChI=1S/C34H28N2O5/c37-33(38)30(36-34(39)41-21-29-27-14-6-4-12-25(27)26-13-5-7-15-28(26)29)19-24-18-17-23-11-8-16-31(32(23)35-24)40-20-22-9-2-1-3-10-22/h1-18,29-30H,19-21H2,(H,36,39)(H,37,38).